The van der Waals surface area contributed by atoms with Gasteiger partial charge in [-0.05, 0) is 25.2 Å². The molecule has 0 aromatic rings. The minimum Gasteiger partial charge on any atom is -0.336 e. The molecule has 78 valence electrons. The number of amides is 1. The van der Waals surface area contributed by atoms with Crippen LogP contribution in [0.1, 0.15) is 19.3 Å². The fourth-order valence-electron chi connectivity index (χ4n) is 2.52. The Labute approximate surface area is 88.4 Å². The Morgan fingerprint density at radius 1 is 1.50 bits per heavy atom. The molecular formula is C10H16N2OS. The Morgan fingerprint density at radius 2 is 2.29 bits per heavy atom. The van der Waals surface area contributed by atoms with Crippen molar-refractivity contribution in [3.63, 3.8) is 0 Å². The van der Waals surface area contributed by atoms with Gasteiger partial charge in [-0.25, -0.2) is 0 Å². The summed E-state index contributed by atoms with van der Waals surface area (Å²) >= 11 is 2.01. The van der Waals surface area contributed by atoms with Gasteiger partial charge in [0.25, 0.3) is 0 Å². The van der Waals surface area contributed by atoms with E-state index in [1.54, 1.807) is 0 Å². The molecule has 4 heteroatoms. The SMILES string of the molecule is NC(C(=O)N1CC2CC1CS2)C1CC1. The van der Waals surface area contributed by atoms with Gasteiger partial charge in [0.2, 0.25) is 5.91 Å². The number of carbonyl (C=O) groups excluding carboxylic acids is 1. The first kappa shape index (κ1) is 9.04. The van der Waals surface area contributed by atoms with Gasteiger partial charge >= 0.3 is 0 Å². The molecule has 1 amide bonds. The van der Waals surface area contributed by atoms with Crippen molar-refractivity contribution < 1.29 is 4.79 Å². The lowest BCUT2D eigenvalue weighted by Crippen LogP contribution is -2.48. The lowest BCUT2D eigenvalue weighted by molar-refractivity contribution is -0.133. The largest absolute Gasteiger partial charge is 0.336 e. The Balaban J connectivity index is 1.67. The molecule has 2 aliphatic heterocycles. The highest BCUT2D eigenvalue weighted by molar-refractivity contribution is 8.00. The number of likely N-dealkylation sites (tertiary alicyclic amines) is 1. The van der Waals surface area contributed by atoms with Gasteiger partial charge in [-0.3, -0.25) is 4.79 Å². The van der Waals surface area contributed by atoms with Crippen LogP contribution in [0.15, 0.2) is 0 Å². The van der Waals surface area contributed by atoms with Gasteiger partial charge in [0.15, 0.2) is 0 Å². The van der Waals surface area contributed by atoms with Gasteiger partial charge in [-0.1, -0.05) is 0 Å². The molecule has 14 heavy (non-hydrogen) atoms. The van der Waals surface area contributed by atoms with Gasteiger partial charge in [-0.15, -0.1) is 0 Å². The minimum absolute atomic E-state index is 0.195. The van der Waals surface area contributed by atoms with E-state index in [0.29, 0.717) is 17.2 Å². The zero-order chi connectivity index (χ0) is 9.71. The lowest BCUT2D eigenvalue weighted by Gasteiger charge is -2.29. The summed E-state index contributed by atoms with van der Waals surface area (Å²) in [5.41, 5.74) is 5.94. The molecule has 3 rings (SSSR count). The van der Waals surface area contributed by atoms with Crippen LogP contribution in [-0.2, 0) is 4.79 Å². The Hall–Kier alpha value is -0.220. The molecule has 0 aromatic heterocycles. The van der Waals surface area contributed by atoms with E-state index in [-0.39, 0.29) is 11.9 Å². The predicted molar refractivity (Wildman–Crippen MR) is 57.1 cm³/mol. The molecule has 3 aliphatic rings. The zero-order valence-electron chi connectivity index (χ0n) is 8.19. The molecule has 0 radical (unpaired) electrons. The van der Waals surface area contributed by atoms with E-state index in [2.05, 4.69) is 0 Å². The number of carbonyl (C=O) groups is 1. The summed E-state index contributed by atoms with van der Waals surface area (Å²) in [5.74, 6) is 1.85. The van der Waals surface area contributed by atoms with Crippen LogP contribution in [-0.4, -0.2) is 40.4 Å². The molecule has 1 aliphatic carbocycles. The average Bonchev–Trinajstić information content (AvgIpc) is 2.84. The van der Waals surface area contributed by atoms with Crippen molar-refractivity contribution >= 4 is 17.7 Å². The molecule has 2 bridgehead atoms. The van der Waals surface area contributed by atoms with Crippen LogP contribution in [0.4, 0.5) is 0 Å². The van der Waals surface area contributed by atoms with Crippen LogP contribution in [0.5, 0.6) is 0 Å². The summed E-state index contributed by atoms with van der Waals surface area (Å²) in [6.07, 6.45) is 3.51. The van der Waals surface area contributed by atoms with Crippen LogP contribution in [0.2, 0.25) is 0 Å². The quantitative estimate of drug-likeness (QED) is 0.722. The maximum absolute atomic E-state index is 12.0. The van der Waals surface area contributed by atoms with E-state index in [1.165, 1.54) is 6.42 Å². The second-order valence-electron chi connectivity index (χ2n) is 4.70. The molecule has 3 nitrogen and oxygen atoms in total. The van der Waals surface area contributed by atoms with Gasteiger partial charge in [0.1, 0.15) is 0 Å². The lowest BCUT2D eigenvalue weighted by atomic mass is 10.1. The summed E-state index contributed by atoms with van der Waals surface area (Å²) < 4.78 is 0. The molecule has 0 aromatic carbocycles. The van der Waals surface area contributed by atoms with Gasteiger partial charge in [0.05, 0.1) is 6.04 Å². The number of thioether (sulfide) groups is 1. The fourth-order valence-corrected chi connectivity index (χ4v) is 3.95. The molecule has 2 N–H and O–H groups in total. The third kappa shape index (κ3) is 1.36. The van der Waals surface area contributed by atoms with E-state index in [1.807, 2.05) is 16.7 Å². The zero-order valence-corrected chi connectivity index (χ0v) is 9.00. The number of fused-ring (bicyclic) bond motifs is 2. The molecule has 3 atom stereocenters. The van der Waals surface area contributed by atoms with Gasteiger partial charge in [-0.2, -0.15) is 11.8 Å². The molecular weight excluding hydrogens is 196 g/mol. The maximum Gasteiger partial charge on any atom is 0.240 e. The second-order valence-corrected chi connectivity index (χ2v) is 6.03. The number of rotatable bonds is 2. The number of nitrogens with two attached hydrogens (primary N) is 1. The maximum atomic E-state index is 12.0. The summed E-state index contributed by atoms with van der Waals surface area (Å²) in [7, 11) is 0. The van der Waals surface area contributed by atoms with Crippen molar-refractivity contribution in [3.8, 4) is 0 Å². The smallest absolute Gasteiger partial charge is 0.240 e. The van der Waals surface area contributed by atoms with Crippen LogP contribution in [0.3, 0.4) is 0 Å². The monoisotopic (exact) mass is 212 g/mol. The first-order valence-corrected chi connectivity index (χ1v) is 6.48. The minimum atomic E-state index is -0.195. The van der Waals surface area contributed by atoms with E-state index in [4.69, 9.17) is 5.73 Å². The van der Waals surface area contributed by atoms with Crippen LogP contribution >= 0.6 is 11.8 Å². The van der Waals surface area contributed by atoms with Crippen molar-refractivity contribution in [2.45, 2.75) is 36.6 Å². The highest BCUT2D eigenvalue weighted by atomic mass is 32.2. The van der Waals surface area contributed by atoms with Crippen LogP contribution in [0.25, 0.3) is 0 Å². The van der Waals surface area contributed by atoms with E-state index >= 15 is 0 Å². The highest BCUT2D eigenvalue weighted by Crippen LogP contribution is 2.39. The molecule has 2 heterocycles. The second kappa shape index (κ2) is 3.14. The number of hydrogen-bond donors (Lipinski definition) is 1. The summed E-state index contributed by atoms with van der Waals surface area (Å²) in [4.78, 5) is 14.1. The van der Waals surface area contributed by atoms with Crippen molar-refractivity contribution in [1.29, 1.82) is 0 Å². The fraction of sp³-hybridized carbons (Fsp3) is 0.900. The molecule has 3 unspecified atom stereocenters. The summed E-state index contributed by atoms with van der Waals surface area (Å²) in [6, 6.07) is 0.307. The predicted octanol–water partition coefficient (Wildman–Crippen LogP) is 0.440. The third-order valence-corrected chi connectivity index (χ3v) is 4.99. The van der Waals surface area contributed by atoms with Crippen molar-refractivity contribution in [2.75, 3.05) is 12.3 Å². The average molecular weight is 212 g/mol. The summed E-state index contributed by atoms with van der Waals surface area (Å²) in [5, 5.41) is 0.704. The molecule has 3 fully saturated rings. The van der Waals surface area contributed by atoms with Crippen LogP contribution < -0.4 is 5.73 Å². The highest BCUT2D eigenvalue weighted by Gasteiger charge is 2.44. The first-order chi connectivity index (χ1) is 6.75. The van der Waals surface area contributed by atoms with Crippen molar-refractivity contribution in [3.05, 3.63) is 0 Å². The van der Waals surface area contributed by atoms with Crippen LogP contribution in [0, 0.1) is 5.92 Å². The van der Waals surface area contributed by atoms with Gasteiger partial charge < -0.3 is 10.6 Å². The Morgan fingerprint density at radius 3 is 2.79 bits per heavy atom. The molecule has 0 spiro atoms. The Bertz CT molecular complexity index is 267. The number of nitrogens with zero attached hydrogens (tertiary/aromatic N) is 1. The van der Waals surface area contributed by atoms with Crippen molar-refractivity contribution in [1.82, 2.24) is 4.90 Å². The first-order valence-electron chi connectivity index (χ1n) is 5.43. The number of hydrogen-bond acceptors (Lipinski definition) is 3. The van der Waals surface area contributed by atoms with Crippen molar-refractivity contribution in [2.24, 2.45) is 11.7 Å². The standard InChI is InChI=1S/C10H16N2OS/c11-9(6-1-2-6)10(13)12-4-8-3-7(12)5-14-8/h6-9H,1-5,11H2. The Kier molecular flexibility index (Phi) is 2.02. The topological polar surface area (TPSA) is 46.3 Å². The summed E-state index contributed by atoms with van der Waals surface area (Å²) in [6.45, 7) is 0.953. The molecule has 2 saturated heterocycles. The normalized spacial score (nSPS) is 37.6. The van der Waals surface area contributed by atoms with E-state index in [0.717, 1.165) is 25.1 Å². The van der Waals surface area contributed by atoms with E-state index < -0.39 is 0 Å². The molecule has 1 saturated carbocycles. The van der Waals surface area contributed by atoms with Gasteiger partial charge in [0, 0.05) is 23.6 Å². The third-order valence-electron chi connectivity index (χ3n) is 3.60. The van der Waals surface area contributed by atoms with E-state index in [9.17, 15) is 4.79 Å².